The Morgan fingerprint density at radius 3 is 2.69 bits per heavy atom. The maximum atomic E-state index is 12.1. The lowest BCUT2D eigenvalue weighted by Crippen LogP contribution is -2.12. The molecule has 3 N–H and O–H groups in total. The number of nitrogens with zero attached hydrogens (tertiary/aromatic N) is 1. The van der Waals surface area contributed by atoms with Crippen molar-refractivity contribution < 1.29 is 13.2 Å². The minimum Gasteiger partial charge on any atom is -0.397 e. The molecular weight excluding hydrogens is 243 g/mol. The number of benzene rings is 1. The Morgan fingerprint density at radius 1 is 1.38 bits per heavy atom. The summed E-state index contributed by atoms with van der Waals surface area (Å²) in [5.74, 6) is -0.170. The lowest BCUT2D eigenvalue weighted by molar-refractivity contribution is -0.128. The van der Waals surface area contributed by atoms with E-state index in [1.807, 2.05) is 0 Å². The molecule has 0 bridgehead atoms. The zero-order valence-electron chi connectivity index (χ0n) is 7.90. The number of aromatic amines is 1. The van der Waals surface area contributed by atoms with Gasteiger partial charge in [-0.2, -0.15) is 13.2 Å². The number of H-pyrrole nitrogens is 1. The van der Waals surface area contributed by atoms with Gasteiger partial charge in [0.1, 0.15) is 17.8 Å². The molecule has 16 heavy (non-hydrogen) atoms. The van der Waals surface area contributed by atoms with E-state index in [0.29, 0.717) is 16.1 Å². The molecule has 0 aliphatic carbocycles. The predicted molar refractivity (Wildman–Crippen MR) is 55.3 cm³/mol. The molecule has 0 aliphatic rings. The number of rotatable bonds is 1. The van der Waals surface area contributed by atoms with Crippen LogP contribution < -0.4 is 5.73 Å². The monoisotopic (exact) mass is 249 g/mol. The van der Waals surface area contributed by atoms with Gasteiger partial charge in [0.15, 0.2) is 0 Å². The second kappa shape index (κ2) is 3.55. The van der Waals surface area contributed by atoms with E-state index in [2.05, 4.69) is 9.97 Å². The van der Waals surface area contributed by atoms with Gasteiger partial charge in [0.2, 0.25) is 0 Å². The minimum atomic E-state index is -4.30. The number of alkyl halides is 3. The van der Waals surface area contributed by atoms with Crippen LogP contribution in [0.15, 0.2) is 12.1 Å². The van der Waals surface area contributed by atoms with Gasteiger partial charge in [-0.1, -0.05) is 11.6 Å². The van der Waals surface area contributed by atoms with Gasteiger partial charge in [0, 0.05) is 5.02 Å². The molecule has 0 spiro atoms. The molecule has 7 heteroatoms. The molecule has 0 unspecified atom stereocenters. The Balaban J connectivity index is 2.48. The van der Waals surface area contributed by atoms with E-state index in [4.69, 9.17) is 17.3 Å². The number of nitrogens with two attached hydrogens (primary N) is 1. The molecular formula is C9H7ClF3N3. The number of hydrogen-bond acceptors (Lipinski definition) is 2. The Hall–Kier alpha value is -1.43. The summed E-state index contributed by atoms with van der Waals surface area (Å²) in [6.45, 7) is 0. The molecule has 1 heterocycles. The first-order valence-corrected chi connectivity index (χ1v) is 4.73. The van der Waals surface area contributed by atoms with Gasteiger partial charge in [0.25, 0.3) is 0 Å². The number of nitrogen functional groups attached to an aromatic ring is 1. The zero-order valence-corrected chi connectivity index (χ0v) is 8.65. The lowest BCUT2D eigenvalue weighted by atomic mass is 10.3. The third-order valence-electron chi connectivity index (χ3n) is 2.00. The third-order valence-corrected chi connectivity index (χ3v) is 2.22. The first-order valence-electron chi connectivity index (χ1n) is 4.35. The molecule has 0 fully saturated rings. The van der Waals surface area contributed by atoms with E-state index in [0.717, 1.165) is 0 Å². The molecule has 1 aromatic heterocycles. The van der Waals surface area contributed by atoms with Crippen LogP contribution in [0.5, 0.6) is 0 Å². The summed E-state index contributed by atoms with van der Waals surface area (Å²) in [4.78, 5) is 6.32. The minimum absolute atomic E-state index is 0.170. The van der Waals surface area contributed by atoms with Gasteiger partial charge in [-0.3, -0.25) is 0 Å². The molecule has 0 aliphatic heterocycles. The second-order valence-corrected chi connectivity index (χ2v) is 3.80. The fourth-order valence-electron chi connectivity index (χ4n) is 1.43. The summed E-state index contributed by atoms with van der Waals surface area (Å²) in [5.41, 5.74) is 6.56. The van der Waals surface area contributed by atoms with E-state index in [-0.39, 0.29) is 11.5 Å². The molecule has 0 radical (unpaired) electrons. The summed E-state index contributed by atoms with van der Waals surface area (Å²) in [6, 6.07) is 2.93. The number of halogens is 4. The van der Waals surface area contributed by atoms with E-state index in [1.165, 1.54) is 12.1 Å². The topological polar surface area (TPSA) is 54.7 Å². The van der Waals surface area contributed by atoms with Gasteiger partial charge in [-0.15, -0.1) is 0 Å². The van der Waals surface area contributed by atoms with Gasteiger partial charge < -0.3 is 10.7 Å². The molecule has 1 aromatic carbocycles. The Kier molecular flexibility index (Phi) is 2.46. The average molecular weight is 250 g/mol. The maximum Gasteiger partial charge on any atom is 0.396 e. The van der Waals surface area contributed by atoms with E-state index < -0.39 is 12.6 Å². The highest BCUT2D eigenvalue weighted by Gasteiger charge is 2.29. The van der Waals surface area contributed by atoms with Crippen LogP contribution in [0.1, 0.15) is 5.82 Å². The van der Waals surface area contributed by atoms with Crippen molar-refractivity contribution in [3.8, 4) is 0 Å². The van der Waals surface area contributed by atoms with Crippen LogP contribution in [-0.2, 0) is 6.42 Å². The smallest absolute Gasteiger partial charge is 0.396 e. The maximum absolute atomic E-state index is 12.1. The van der Waals surface area contributed by atoms with Crippen LogP contribution in [0.25, 0.3) is 11.0 Å². The normalized spacial score (nSPS) is 12.2. The quantitative estimate of drug-likeness (QED) is 0.764. The van der Waals surface area contributed by atoms with Crippen molar-refractivity contribution in [3.63, 3.8) is 0 Å². The largest absolute Gasteiger partial charge is 0.397 e. The van der Waals surface area contributed by atoms with Crippen LogP contribution in [0.3, 0.4) is 0 Å². The van der Waals surface area contributed by atoms with Crippen molar-refractivity contribution in [2.24, 2.45) is 0 Å². The molecule has 3 nitrogen and oxygen atoms in total. The summed E-state index contributed by atoms with van der Waals surface area (Å²) in [5, 5.41) is 0.354. The summed E-state index contributed by atoms with van der Waals surface area (Å²) >= 11 is 5.72. The van der Waals surface area contributed by atoms with Gasteiger partial charge in [0.05, 0.1) is 11.2 Å². The molecule has 2 rings (SSSR count). The SMILES string of the molecule is Nc1cc(Cl)cc2[nH]c(CC(F)(F)F)nc12. The van der Waals surface area contributed by atoms with E-state index in [1.54, 1.807) is 0 Å². The van der Waals surface area contributed by atoms with Crippen molar-refractivity contribution in [1.82, 2.24) is 9.97 Å². The van der Waals surface area contributed by atoms with Crippen LogP contribution in [-0.4, -0.2) is 16.1 Å². The van der Waals surface area contributed by atoms with Gasteiger partial charge >= 0.3 is 6.18 Å². The fraction of sp³-hybridized carbons (Fsp3) is 0.222. The van der Waals surface area contributed by atoms with Crippen molar-refractivity contribution in [1.29, 1.82) is 0 Å². The Morgan fingerprint density at radius 2 is 2.06 bits per heavy atom. The number of aromatic nitrogens is 2. The van der Waals surface area contributed by atoms with Crippen molar-refractivity contribution in [2.45, 2.75) is 12.6 Å². The third kappa shape index (κ3) is 2.21. The number of nitrogens with one attached hydrogen (secondary N) is 1. The molecule has 0 atom stereocenters. The van der Waals surface area contributed by atoms with Crippen molar-refractivity contribution in [3.05, 3.63) is 23.0 Å². The number of fused-ring (bicyclic) bond motifs is 1. The number of imidazole rings is 1. The second-order valence-electron chi connectivity index (χ2n) is 3.37. The Bertz CT molecular complexity index is 533. The Labute approximate surface area is 93.4 Å². The standard InChI is InChI=1S/C9H7ClF3N3/c10-4-1-5(14)8-6(2-4)15-7(16-8)3-9(11,12)13/h1-2H,3,14H2,(H,15,16). The van der Waals surface area contributed by atoms with Gasteiger partial charge in [-0.25, -0.2) is 4.98 Å². The number of anilines is 1. The number of hydrogen-bond donors (Lipinski definition) is 2. The van der Waals surface area contributed by atoms with E-state index in [9.17, 15) is 13.2 Å². The molecule has 0 amide bonds. The van der Waals surface area contributed by atoms with Crippen LogP contribution >= 0.6 is 11.6 Å². The van der Waals surface area contributed by atoms with Crippen LogP contribution in [0.4, 0.5) is 18.9 Å². The van der Waals surface area contributed by atoms with Crippen LogP contribution in [0, 0.1) is 0 Å². The molecule has 86 valence electrons. The van der Waals surface area contributed by atoms with Crippen molar-refractivity contribution in [2.75, 3.05) is 5.73 Å². The molecule has 2 aromatic rings. The van der Waals surface area contributed by atoms with E-state index >= 15 is 0 Å². The fourth-order valence-corrected chi connectivity index (χ4v) is 1.66. The highest BCUT2D eigenvalue weighted by atomic mass is 35.5. The highest BCUT2D eigenvalue weighted by molar-refractivity contribution is 6.31. The lowest BCUT2D eigenvalue weighted by Gasteiger charge is -2.01. The summed E-state index contributed by atoms with van der Waals surface area (Å²) < 4.78 is 36.4. The zero-order chi connectivity index (χ0) is 11.9. The molecule has 0 saturated carbocycles. The van der Waals surface area contributed by atoms with Gasteiger partial charge in [-0.05, 0) is 12.1 Å². The first-order chi connectivity index (χ1) is 7.35. The first kappa shape index (κ1) is 11.1. The molecule has 0 saturated heterocycles. The summed E-state index contributed by atoms with van der Waals surface area (Å²) in [6.07, 6.45) is -5.41. The predicted octanol–water partition coefficient (Wildman–Crippen LogP) is 2.90. The van der Waals surface area contributed by atoms with Crippen LogP contribution in [0.2, 0.25) is 5.02 Å². The average Bonchev–Trinajstić information content (AvgIpc) is 2.43. The summed E-state index contributed by atoms with van der Waals surface area (Å²) in [7, 11) is 0. The highest BCUT2D eigenvalue weighted by Crippen LogP contribution is 2.26. The van der Waals surface area contributed by atoms with Crippen molar-refractivity contribution >= 4 is 28.3 Å².